The highest BCUT2D eigenvalue weighted by Gasteiger charge is 2.38. The molecule has 5 nitrogen and oxygen atoms in total. The summed E-state index contributed by atoms with van der Waals surface area (Å²) in [5.74, 6) is -3.07. The van der Waals surface area contributed by atoms with E-state index in [2.05, 4.69) is 4.74 Å². The topological polar surface area (TPSA) is 79.2 Å². The number of benzene rings is 1. The van der Waals surface area contributed by atoms with Crippen molar-refractivity contribution in [3.05, 3.63) is 34.9 Å². The van der Waals surface area contributed by atoms with Gasteiger partial charge in [-0.2, -0.15) is 31.6 Å². The minimum absolute atomic E-state index is 0.119. The number of carbonyl (C=O) groups excluding carboxylic acids is 2. The Morgan fingerprint density at radius 1 is 1.11 bits per heavy atom. The van der Waals surface area contributed by atoms with Crippen LogP contribution in [-0.4, -0.2) is 25.0 Å². The fourth-order valence-corrected chi connectivity index (χ4v) is 2.09. The van der Waals surface area contributed by atoms with Crippen LogP contribution in [0.5, 0.6) is 0 Å². The number of halogens is 6. The zero-order chi connectivity index (χ0) is 21.0. The molecule has 0 bridgehead atoms. The van der Waals surface area contributed by atoms with E-state index < -0.39 is 52.9 Å². The fourth-order valence-electron chi connectivity index (χ4n) is 2.09. The molecule has 0 aromatic heterocycles. The lowest BCUT2D eigenvalue weighted by molar-refractivity contribution is -0.144. The largest absolute Gasteiger partial charge is 0.467 e. The highest BCUT2D eigenvalue weighted by Crippen LogP contribution is 2.36. The lowest BCUT2D eigenvalue weighted by Gasteiger charge is -2.19. The molecule has 0 aliphatic heterocycles. The van der Waals surface area contributed by atoms with Crippen LogP contribution in [0.4, 0.5) is 26.3 Å². The monoisotopic (exact) mass is 396 g/mol. The van der Waals surface area contributed by atoms with E-state index in [4.69, 9.17) is 5.26 Å². The summed E-state index contributed by atoms with van der Waals surface area (Å²) in [6.07, 6.45) is -10.5. The van der Waals surface area contributed by atoms with Crippen molar-refractivity contribution in [3.8, 4) is 6.07 Å². The molecule has 1 amide bonds. The van der Waals surface area contributed by atoms with Gasteiger partial charge in [0.1, 0.15) is 6.04 Å². The van der Waals surface area contributed by atoms with Gasteiger partial charge in [0.2, 0.25) is 0 Å². The third-order valence-electron chi connectivity index (χ3n) is 3.45. The zero-order valence-electron chi connectivity index (χ0n) is 14.0. The number of nitrogens with zero attached hydrogens (tertiary/aromatic N) is 1. The molecular weight excluding hydrogens is 382 g/mol. The van der Waals surface area contributed by atoms with E-state index in [0.717, 1.165) is 7.11 Å². The number of carbonyl (C=O) groups is 2. The van der Waals surface area contributed by atoms with E-state index in [-0.39, 0.29) is 24.6 Å². The molecule has 0 saturated heterocycles. The number of hydrogen-bond acceptors (Lipinski definition) is 4. The Hall–Kier alpha value is -2.77. The number of nitriles is 1. The van der Waals surface area contributed by atoms with Crippen molar-refractivity contribution < 1.29 is 40.7 Å². The fraction of sp³-hybridized carbons (Fsp3) is 0.438. The number of amides is 1. The Labute approximate surface area is 149 Å². The van der Waals surface area contributed by atoms with E-state index in [1.165, 1.54) is 6.92 Å². The molecule has 1 rings (SSSR count). The van der Waals surface area contributed by atoms with Gasteiger partial charge in [-0.15, -0.1) is 0 Å². The molecule has 148 valence electrons. The number of rotatable bonds is 5. The molecular formula is C16H14F6N2O3. The summed E-state index contributed by atoms with van der Waals surface area (Å²) < 4.78 is 81.5. The first-order valence-corrected chi connectivity index (χ1v) is 7.37. The first-order valence-electron chi connectivity index (χ1n) is 7.37. The SMILES string of the molecule is COC(=O)[C@@H](C[C@@H](C)C#N)NC(=O)c1cc(C(F)(F)F)cc(C(F)(F)F)c1. The Morgan fingerprint density at radius 2 is 1.59 bits per heavy atom. The van der Waals surface area contributed by atoms with Gasteiger partial charge in [-0.05, 0) is 31.5 Å². The van der Waals surface area contributed by atoms with Crippen molar-refractivity contribution in [2.75, 3.05) is 7.11 Å². The minimum atomic E-state index is -5.12. The zero-order valence-corrected chi connectivity index (χ0v) is 14.0. The summed E-state index contributed by atoms with van der Waals surface area (Å²) in [6.45, 7) is 1.41. The molecule has 1 N–H and O–H groups in total. The predicted octanol–water partition coefficient (Wildman–Crippen LogP) is 3.55. The lowest BCUT2D eigenvalue weighted by atomic mass is 10.0. The van der Waals surface area contributed by atoms with Crippen molar-refractivity contribution in [2.24, 2.45) is 5.92 Å². The van der Waals surface area contributed by atoms with Crippen LogP contribution < -0.4 is 5.32 Å². The van der Waals surface area contributed by atoms with Crippen molar-refractivity contribution in [3.63, 3.8) is 0 Å². The Bertz CT molecular complexity index is 720. The average Bonchev–Trinajstić information content (AvgIpc) is 2.58. The van der Waals surface area contributed by atoms with Crippen molar-refractivity contribution in [2.45, 2.75) is 31.7 Å². The Kier molecular flexibility index (Phi) is 6.83. The maximum absolute atomic E-state index is 12.9. The van der Waals surface area contributed by atoms with Gasteiger partial charge in [-0.25, -0.2) is 4.79 Å². The summed E-state index contributed by atoms with van der Waals surface area (Å²) in [7, 11) is 0.977. The molecule has 0 saturated carbocycles. The summed E-state index contributed by atoms with van der Waals surface area (Å²) in [5.41, 5.74) is -4.26. The van der Waals surface area contributed by atoms with E-state index in [9.17, 15) is 35.9 Å². The number of hydrogen-bond donors (Lipinski definition) is 1. The molecule has 0 radical (unpaired) electrons. The number of alkyl halides is 6. The second-order valence-corrected chi connectivity index (χ2v) is 5.61. The van der Waals surface area contributed by atoms with Crippen LogP contribution in [0.2, 0.25) is 0 Å². The molecule has 0 fully saturated rings. The van der Waals surface area contributed by atoms with Crippen LogP contribution in [0, 0.1) is 17.2 Å². The second-order valence-electron chi connectivity index (χ2n) is 5.61. The van der Waals surface area contributed by atoms with Gasteiger partial charge in [0, 0.05) is 11.5 Å². The average molecular weight is 396 g/mol. The maximum Gasteiger partial charge on any atom is 0.416 e. The number of nitrogens with one attached hydrogen (secondary N) is 1. The first-order chi connectivity index (χ1) is 12.3. The van der Waals surface area contributed by atoms with E-state index in [1.807, 2.05) is 5.32 Å². The van der Waals surface area contributed by atoms with Crippen molar-refractivity contribution >= 4 is 11.9 Å². The molecule has 2 atom stereocenters. The minimum Gasteiger partial charge on any atom is -0.467 e. The lowest BCUT2D eigenvalue weighted by Crippen LogP contribution is -2.42. The van der Waals surface area contributed by atoms with Crippen molar-refractivity contribution in [1.29, 1.82) is 5.26 Å². The Morgan fingerprint density at radius 3 is 1.96 bits per heavy atom. The Balaban J connectivity index is 3.28. The van der Waals surface area contributed by atoms with Crippen LogP contribution in [0.15, 0.2) is 18.2 Å². The number of methoxy groups -OCH3 is 1. The van der Waals surface area contributed by atoms with Crippen LogP contribution in [0.1, 0.15) is 34.8 Å². The summed E-state index contributed by atoms with van der Waals surface area (Å²) >= 11 is 0. The van der Waals surface area contributed by atoms with Gasteiger partial charge in [-0.3, -0.25) is 4.79 Å². The second kappa shape index (κ2) is 8.28. The van der Waals surface area contributed by atoms with E-state index in [1.54, 1.807) is 6.07 Å². The normalized spacial score (nSPS) is 14.0. The maximum atomic E-state index is 12.9. The molecule has 11 heteroatoms. The predicted molar refractivity (Wildman–Crippen MR) is 79.1 cm³/mol. The molecule has 1 aromatic carbocycles. The molecule has 0 aliphatic rings. The molecule has 1 aromatic rings. The highest BCUT2D eigenvalue weighted by atomic mass is 19.4. The van der Waals surface area contributed by atoms with E-state index in [0.29, 0.717) is 0 Å². The van der Waals surface area contributed by atoms with Crippen LogP contribution >= 0.6 is 0 Å². The van der Waals surface area contributed by atoms with Crippen LogP contribution in [0.25, 0.3) is 0 Å². The number of esters is 1. The third kappa shape index (κ3) is 6.16. The van der Waals surface area contributed by atoms with Crippen molar-refractivity contribution in [1.82, 2.24) is 5.32 Å². The van der Waals surface area contributed by atoms with Crippen LogP contribution in [-0.2, 0) is 21.9 Å². The first kappa shape index (κ1) is 22.3. The molecule has 0 heterocycles. The summed E-state index contributed by atoms with van der Waals surface area (Å²) in [5, 5.41) is 10.8. The standard InChI is InChI=1S/C16H14F6N2O3/c1-8(7-23)3-12(14(26)27-2)24-13(25)9-4-10(15(17,18)19)6-11(5-9)16(20,21)22/h4-6,8,12H,3H2,1-2H3,(H,24,25)/t8-,12-/m1/s1. The summed E-state index contributed by atoms with van der Waals surface area (Å²) in [6, 6.07) is 0.740. The van der Waals surface area contributed by atoms with Gasteiger partial charge < -0.3 is 10.1 Å². The quantitative estimate of drug-likeness (QED) is 0.610. The summed E-state index contributed by atoms with van der Waals surface area (Å²) in [4.78, 5) is 23.8. The van der Waals surface area contributed by atoms with Gasteiger partial charge in [0.05, 0.1) is 24.3 Å². The molecule has 27 heavy (non-hydrogen) atoms. The van der Waals surface area contributed by atoms with Gasteiger partial charge in [0.15, 0.2) is 0 Å². The number of ether oxygens (including phenoxy) is 1. The van der Waals surface area contributed by atoms with Gasteiger partial charge >= 0.3 is 18.3 Å². The molecule has 0 aliphatic carbocycles. The van der Waals surface area contributed by atoms with Gasteiger partial charge in [-0.1, -0.05) is 0 Å². The highest BCUT2D eigenvalue weighted by molar-refractivity contribution is 5.97. The third-order valence-corrected chi connectivity index (χ3v) is 3.45. The molecule has 0 unspecified atom stereocenters. The van der Waals surface area contributed by atoms with Crippen LogP contribution in [0.3, 0.4) is 0 Å². The van der Waals surface area contributed by atoms with E-state index >= 15 is 0 Å². The molecule has 0 spiro atoms. The smallest absolute Gasteiger partial charge is 0.416 e. The van der Waals surface area contributed by atoms with Gasteiger partial charge in [0.25, 0.3) is 5.91 Å².